The fraction of sp³-hybridized carbons (Fsp3) is 0.583. The number of hydrogen-bond donors (Lipinski definition) is 0. The number of nitrogens with zero attached hydrogens (tertiary/aromatic N) is 2. The molecular weight excluding hydrogens is 300 g/mol. The second-order valence-electron chi connectivity index (χ2n) is 4.68. The van der Waals surface area contributed by atoms with Crippen LogP contribution in [0.4, 0.5) is 4.79 Å². The van der Waals surface area contributed by atoms with Gasteiger partial charge in [-0.2, -0.15) is 0 Å². The Morgan fingerprint density at radius 1 is 1.43 bits per heavy atom. The summed E-state index contributed by atoms with van der Waals surface area (Å²) in [6.07, 6.45) is 0.954. The van der Waals surface area contributed by atoms with Crippen LogP contribution < -0.4 is 0 Å². The molecule has 3 rings (SSSR count). The van der Waals surface area contributed by atoms with E-state index in [1.54, 1.807) is 19.3 Å². The molecule has 0 unspecified atom stereocenters. The van der Waals surface area contributed by atoms with Crippen LogP contribution in [0, 0.1) is 0 Å². The number of ether oxygens (including phenoxy) is 5. The minimum absolute atomic E-state index is 0.152. The third kappa shape index (κ3) is 2.59. The van der Waals surface area contributed by atoms with Crippen molar-refractivity contribution < 1.29 is 28.5 Å². The van der Waals surface area contributed by atoms with Gasteiger partial charge < -0.3 is 23.7 Å². The Morgan fingerprint density at radius 3 is 2.86 bits per heavy atom. The average molecular weight is 314 g/mol. The van der Waals surface area contributed by atoms with Crippen molar-refractivity contribution in [2.75, 3.05) is 7.11 Å². The molecule has 1 aromatic heterocycles. The second-order valence-corrected chi connectivity index (χ2v) is 5.03. The Labute approximate surface area is 125 Å². The Hall–Kier alpha value is -1.71. The minimum Gasteiger partial charge on any atom is -0.458 e. The highest BCUT2D eigenvalue weighted by Crippen LogP contribution is 2.32. The molecule has 0 aliphatic carbocycles. The lowest BCUT2D eigenvalue weighted by atomic mass is 10.00. The molecule has 3 heterocycles. The summed E-state index contributed by atoms with van der Waals surface area (Å²) < 4.78 is 28.4. The van der Waals surface area contributed by atoms with Gasteiger partial charge in [-0.3, -0.25) is 4.57 Å². The maximum atomic E-state index is 11.4. The normalized spacial score (nSPS) is 34.8. The van der Waals surface area contributed by atoms with Crippen LogP contribution in [-0.4, -0.2) is 58.7 Å². The number of rotatable bonds is 2. The van der Waals surface area contributed by atoms with Gasteiger partial charge in [0.1, 0.15) is 6.33 Å². The zero-order chi connectivity index (χ0) is 15.0. The molecule has 5 atom stereocenters. The predicted molar refractivity (Wildman–Crippen MR) is 71.6 cm³/mol. The smallest absolute Gasteiger partial charge is 0.458 e. The van der Waals surface area contributed by atoms with Crippen LogP contribution in [-0.2, 0) is 23.7 Å². The van der Waals surface area contributed by atoms with E-state index in [4.69, 9.17) is 35.9 Å². The number of fused-ring (bicyclic) bond motifs is 1. The molecule has 0 amide bonds. The maximum absolute atomic E-state index is 11.4. The standard InChI is InChI=1S/C12H14N2O6S/c1-6-7-8(20-12(15)19-7)9(10(16-2)17-6)18-11(21)14-4-3-13-5-14/h3-10H,1-2H3/t6-,7+,8+,9-,10+/m0/s1. The molecule has 2 saturated heterocycles. The molecule has 2 fully saturated rings. The van der Waals surface area contributed by atoms with Gasteiger partial charge in [0, 0.05) is 19.5 Å². The van der Waals surface area contributed by atoms with Crippen LogP contribution in [0.5, 0.6) is 0 Å². The van der Waals surface area contributed by atoms with Crippen LogP contribution in [0.1, 0.15) is 6.92 Å². The lowest BCUT2D eigenvalue weighted by Gasteiger charge is -2.38. The topological polar surface area (TPSA) is 81.0 Å². The zero-order valence-corrected chi connectivity index (χ0v) is 12.2. The summed E-state index contributed by atoms with van der Waals surface area (Å²) in [7, 11) is 1.48. The van der Waals surface area contributed by atoms with Crippen LogP contribution in [0.2, 0.25) is 0 Å². The molecule has 2 aliphatic rings. The SMILES string of the molecule is CO[C@@H]1O[C@@H](C)[C@H]2OC(=O)O[C@H]2[C@@H]1OC(=S)n1ccnc1. The van der Waals surface area contributed by atoms with Gasteiger partial charge in [0.25, 0.3) is 5.17 Å². The largest absolute Gasteiger partial charge is 0.509 e. The molecule has 21 heavy (non-hydrogen) atoms. The number of carbonyl (C=O) groups excluding carboxylic acids is 1. The summed E-state index contributed by atoms with van der Waals surface area (Å²) in [5.41, 5.74) is 0. The van der Waals surface area contributed by atoms with E-state index in [1.807, 2.05) is 0 Å². The first-order valence-electron chi connectivity index (χ1n) is 6.34. The third-order valence-corrected chi connectivity index (χ3v) is 3.68. The molecule has 8 nitrogen and oxygen atoms in total. The molecule has 0 radical (unpaired) electrons. The van der Waals surface area contributed by atoms with Crippen molar-refractivity contribution in [3.05, 3.63) is 18.7 Å². The van der Waals surface area contributed by atoms with E-state index < -0.39 is 30.8 Å². The van der Waals surface area contributed by atoms with Gasteiger partial charge in [-0.1, -0.05) is 0 Å². The highest BCUT2D eigenvalue weighted by atomic mass is 32.1. The molecule has 0 N–H and O–H groups in total. The van der Waals surface area contributed by atoms with Crippen molar-refractivity contribution >= 4 is 23.5 Å². The summed E-state index contributed by atoms with van der Waals surface area (Å²) in [6, 6.07) is 0. The molecule has 114 valence electrons. The van der Waals surface area contributed by atoms with Gasteiger partial charge in [0.05, 0.1) is 6.10 Å². The van der Waals surface area contributed by atoms with E-state index in [1.165, 1.54) is 18.0 Å². The average Bonchev–Trinajstić information content (AvgIpc) is 3.10. The van der Waals surface area contributed by atoms with Crippen LogP contribution in [0.25, 0.3) is 0 Å². The van der Waals surface area contributed by atoms with E-state index in [0.29, 0.717) is 0 Å². The van der Waals surface area contributed by atoms with Gasteiger partial charge >= 0.3 is 6.16 Å². The molecule has 2 aliphatic heterocycles. The highest BCUT2D eigenvalue weighted by Gasteiger charge is 2.54. The molecule has 0 saturated carbocycles. The van der Waals surface area contributed by atoms with E-state index >= 15 is 0 Å². The third-order valence-electron chi connectivity index (χ3n) is 3.38. The lowest BCUT2D eigenvalue weighted by molar-refractivity contribution is -0.261. The minimum atomic E-state index is -0.751. The van der Waals surface area contributed by atoms with E-state index in [9.17, 15) is 4.79 Å². The lowest BCUT2D eigenvalue weighted by Crippen LogP contribution is -2.57. The Balaban J connectivity index is 1.80. The van der Waals surface area contributed by atoms with Crippen LogP contribution >= 0.6 is 12.2 Å². The van der Waals surface area contributed by atoms with Crippen LogP contribution in [0.15, 0.2) is 18.7 Å². The second kappa shape index (κ2) is 5.58. The molecule has 9 heteroatoms. The fourth-order valence-electron chi connectivity index (χ4n) is 2.38. The first-order valence-corrected chi connectivity index (χ1v) is 6.75. The number of hydrogen-bond acceptors (Lipinski definition) is 8. The van der Waals surface area contributed by atoms with Crippen molar-refractivity contribution in [3.63, 3.8) is 0 Å². The summed E-state index contributed by atoms with van der Waals surface area (Å²) in [5.74, 6) is 0. The van der Waals surface area contributed by atoms with Gasteiger partial charge in [0.15, 0.2) is 24.6 Å². The van der Waals surface area contributed by atoms with E-state index in [-0.39, 0.29) is 11.3 Å². The summed E-state index contributed by atoms with van der Waals surface area (Å²) in [4.78, 5) is 15.3. The van der Waals surface area contributed by atoms with Crippen molar-refractivity contribution in [1.82, 2.24) is 9.55 Å². The number of imidazole rings is 1. The monoisotopic (exact) mass is 314 g/mol. The van der Waals surface area contributed by atoms with Gasteiger partial charge in [0.2, 0.25) is 0 Å². The predicted octanol–water partition coefficient (Wildman–Crippen LogP) is 0.696. The summed E-state index contributed by atoms with van der Waals surface area (Å²) in [6.45, 7) is 1.77. The van der Waals surface area contributed by atoms with Crippen molar-refractivity contribution in [1.29, 1.82) is 0 Å². The van der Waals surface area contributed by atoms with Gasteiger partial charge in [-0.15, -0.1) is 0 Å². The van der Waals surface area contributed by atoms with Gasteiger partial charge in [-0.25, -0.2) is 9.78 Å². The molecule has 0 bridgehead atoms. The summed E-state index contributed by atoms with van der Waals surface area (Å²) in [5, 5.41) is 0.152. The number of thiocarbonyl (C=S) groups is 1. The Morgan fingerprint density at radius 2 is 2.19 bits per heavy atom. The molecule has 0 aromatic carbocycles. The first kappa shape index (κ1) is 14.2. The van der Waals surface area contributed by atoms with Crippen LogP contribution in [0.3, 0.4) is 0 Å². The van der Waals surface area contributed by atoms with E-state index in [0.717, 1.165) is 0 Å². The molecule has 0 spiro atoms. The van der Waals surface area contributed by atoms with E-state index in [2.05, 4.69) is 4.98 Å². The fourth-order valence-corrected chi connectivity index (χ4v) is 2.60. The number of carbonyl (C=O) groups is 1. The molecule has 1 aromatic rings. The Kier molecular flexibility index (Phi) is 3.79. The quantitative estimate of drug-likeness (QED) is 0.583. The first-order chi connectivity index (χ1) is 10.1. The number of methoxy groups -OCH3 is 1. The van der Waals surface area contributed by atoms with Gasteiger partial charge in [-0.05, 0) is 19.1 Å². The zero-order valence-electron chi connectivity index (χ0n) is 11.4. The summed E-state index contributed by atoms with van der Waals surface area (Å²) >= 11 is 5.18. The molecular formula is C12H14N2O6S. The van der Waals surface area contributed by atoms with Crippen molar-refractivity contribution in [2.24, 2.45) is 0 Å². The maximum Gasteiger partial charge on any atom is 0.509 e. The van der Waals surface area contributed by atoms with Crippen molar-refractivity contribution in [3.8, 4) is 0 Å². The van der Waals surface area contributed by atoms with Crippen molar-refractivity contribution in [2.45, 2.75) is 37.6 Å². The Bertz CT molecular complexity index is 536. The number of aromatic nitrogens is 2. The highest BCUT2D eigenvalue weighted by molar-refractivity contribution is 7.80.